The van der Waals surface area contributed by atoms with Gasteiger partial charge in [0.15, 0.2) is 0 Å². The molecule has 88 valence electrons. The van der Waals surface area contributed by atoms with Crippen LogP contribution < -0.4 is 0 Å². The first kappa shape index (κ1) is 11.0. The molecule has 0 amide bonds. The minimum atomic E-state index is 1.30. The van der Waals surface area contributed by atoms with Crippen LogP contribution in [0.5, 0.6) is 0 Å². The van der Waals surface area contributed by atoms with E-state index in [9.17, 15) is 0 Å². The Bertz CT molecular complexity index is 650. The van der Waals surface area contributed by atoms with Crippen LogP contribution in [-0.2, 0) is 0 Å². The zero-order valence-electron chi connectivity index (χ0n) is 10.8. The Balaban J connectivity index is 2.36. The highest BCUT2D eigenvalue weighted by molar-refractivity contribution is 5.91. The lowest BCUT2D eigenvalue weighted by molar-refractivity contribution is 1.41. The molecule has 0 nitrogen and oxygen atoms in total. The first-order chi connectivity index (χ1) is 8.79. The molecule has 0 heteroatoms. The monoisotopic (exact) mass is 232 g/mol. The normalized spacial score (nSPS) is 10.8. The highest BCUT2D eigenvalue weighted by Crippen LogP contribution is 2.41. The second kappa shape index (κ2) is 4.30. The van der Waals surface area contributed by atoms with Gasteiger partial charge in [-0.2, -0.15) is 0 Å². The molecule has 1 aromatic rings. The van der Waals surface area contributed by atoms with Crippen LogP contribution in [0, 0.1) is 13.8 Å². The summed E-state index contributed by atoms with van der Waals surface area (Å²) in [5.74, 6) is 0. The van der Waals surface area contributed by atoms with Gasteiger partial charge in [0.05, 0.1) is 0 Å². The van der Waals surface area contributed by atoms with E-state index >= 15 is 0 Å². The molecule has 0 saturated carbocycles. The van der Waals surface area contributed by atoms with E-state index < -0.39 is 0 Å². The number of rotatable bonds is 1. The molecule has 0 saturated heterocycles. The Morgan fingerprint density at radius 3 is 1.78 bits per heavy atom. The predicted molar refractivity (Wildman–Crippen MR) is 78.0 cm³/mol. The first-order valence-electron chi connectivity index (χ1n) is 6.32. The molecule has 3 rings (SSSR count). The van der Waals surface area contributed by atoms with Gasteiger partial charge in [-0.3, -0.25) is 0 Å². The fraction of sp³-hybridized carbons (Fsp3) is 0.111. The lowest BCUT2D eigenvalue weighted by Gasteiger charge is -2.03. The molecule has 0 aromatic heterocycles. The Kier molecular flexibility index (Phi) is 2.64. The lowest BCUT2D eigenvalue weighted by atomic mass is 10.0. The van der Waals surface area contributed by atoms with Crippen molar-refractivity contribution in [3.8, 4) is 22.3 Å². The average molecular weight is 232 g/mol. The van der Waals surface area contributed by atoms with E-state index in [1.807, 2.05) is 0 Å². The number of hydrogen-bond acceptors (Lipinski definition) is 0. The highest BCUT2D eigenvalue weighted by atomic mass is 14.2. The van der Waals surface area contributed by atoms with Crippen LogP contribution >= 0.6 is 0 Å². The third-order valence-corrected chi connectivity index (χ3v) is 3.71. The van der Waals surface area contributed by atoms with Crippen LogP contribution in [0.1, 0.15) is 11.1 Å². The van der Waals surface area contributed by atoms with Crippen molar-refractivity contribution in [3.05, 3.63) is 71.8 Å². The summed E-state index contributed by atoms with van der Waals surface area (Å²) in [5.41, 5.74) is 8.17. The zero-order valence-corrected chi connectivity index (χ0v) is 10.8. The third kappa shape index (κ3) is 1.62. The number of fused-ring (bicyclic) bond motifs is 1. The quantitative estimate of drug-likeness (QED) is 0.549. The van der Waals surface area contributed by atoms with Crippen molar-refractivity contribution in [1.82, 2.24) is 0 Å². The Hall–Kier alpha value is -2.08. The summed E-state index contributed by atoms with van der Waals surface area (Å²) >= 11 is 0. The molecule has 2 aliphatic rings. The molecule has 18 heavy (non-hydrogen) atoms. The largest absolute Gasteiger partial charge is 0.0622 e. The summed E-state index contributed by atoms with van der Waals surface area (Å²) in [6, 6.07) is 21.4. The molecule has 0 bridgehead atoms. The smallest absolute Gasteiger partial charge is 0.00732 e. The van der Waals surface area contributed by atoms with Gasteiger partial charge in [0.1, 0.15) is 0 Å². The minimum absolute atomic E-state index is 1.30. The number of hydrogen-bond donors (Lipinski definition) is 0. The molecule has 2 aliphatic carbocycles. The first-order valence-corrected chi connectivity index (χ1v) is 6.32. The van der Waals surface area contributed by atoms with Crippen LogP contribution in [0.25, 0.3) is 22.3 Å². The summed E-state index contributed by atoms with van der Waals surface area (Å²) in [6.07, 6.45) is 0. The maximum Gasteiger partial charge on any atom is -0.00732 e. The van der Waals surface area contributed by atoms with Crippen LogP contribution in [0.15, 0.2) is 60.7 Å². The maximum atomic E-state index is 2.22. The van der Waals surface area contributed by atoms with Gasteiger partial charge in [-0.05, 0) is 47.2 Å². The fourth-order valence-corrected chi connectivity index (χ4v) is 2.66. The molecular formula is C18H16. The summed E-state index contributed by atoms with van der Waals surface area (Å²) in [6.45, 7) is 4.43. The molecule has 0 atom stereocenters. The average Bonchev–Trinajstić information content (AvgIpc) is 2.60. The van der Waals surface area contributed by atoms with Gasteiger partial charge < -0.3 is 0 Å². The molecule has 1 aromatic carbocycles. The molecule has 0 spiro atoms. The van der Waals surface area contributed by atoms with Crippen molar-refractivity contribution in [2.45, 2.75) is 13.8 Å². The van der Waals surface area contributed by atoms with Crippen LogP contribution in [0.4, 0.5) is 0 Å². The van der Waals surface area contributed by atoms with E-state index in [-0.39, 0.29) is 0 Å². The van der Waals surface area contributed by atoms with Crippen molar-refractivity contribution < 1.29 is 0 Å². The van der Waals surface area contributed by atoms with Crippen molar-refractivity contribution in [1.29, 1.82) is 0 Å². The highest BCUT2D eigenvalue weighted by Gasteiger charge is 2.17. The lowest BCUT2D eigenvalue weighted by Crippen LogP contribution is -1.78. The van der Waals surface area contributed by atoms with Crippen LogP contribution in [0.3, 0.4) is 0 Å². The molecular weight excluding hydrogens is 216 g/mol. The predicted octanol–water partition coefficient (Wildman–Crippen LogP) is 5.08. The van der Waals surface area contributed by atoms with E-state index in [1.54, 1.807) is 0 Å². The molecule has 0 unspecified atom stereocenters. The molecule has 0 heterocycles. The van der Waals surface area contributed by atoms with Crippen molar-refractivity contribution in [3.63, 3.8) is 0 Å². The Morgan fingerprint density at radius 2 is 1.11 bits per heavy atom. The second-order valence-electron chi connectivity index (χ2n) is 4.73. The van der Waals surface area contributed by atoms with Gasteiger partial charge >= 0.3 is 0 Å². The molecule has 0 N–H and O–H groups in total. The topological polar surface area (TPSA) is 0 Å². The van der Waals surface area contributed by atoms with Crippen molar-refractivity contribution >= 4 is 0 Å². The second-order valence-corrected chi connectivity index (χ2v) is 4.73. The van der Waals surface area contributed by atoms with E-state index in [1.165, 1.54) is 33.4 Å². The standard InChI is InChI=1S/C18H16/c1-13-14(2)18(15-9-5-3-6-10-15)17-12-8-4-7-11-16(13)17/h3-12H,1-2H3. The zero-order chi connectivity index (χ0) is 12.5. The fourth-order valence-electron chi connectivity index (χ4n) is 2.66. The van der Waals surface area contributed by atoms with Crippen molar-refractivity contribution in [2.75, 3.05) is 0 Å². The minimum Gasteiger partial charge on any atom is -0.0622 e. The molecule has 0 radical (unpaired) electrons. The van der Waals surface area contributed by atoms with Gasteiger partial charge in [0.25, 0.3) is 0 Å². The SMILES string of the molecule is Cc1c2cccccc-2c(-c2ccccc2)c1C. The van der Waals surface area contributed by atoms with Gasteiger partial charge in [-0.15, -0.1) is 0 Å². The Labute approximate surface area is 108 Å². The Morgan fingerprint density at radius 1 is 0.556 bits per heavy atom. The van der Waals surface area contributed by atoms with E-state index in [0.29, 0.717) is 0 Å². The number of benzene rings is 1. The molecule has 0 fully saturated rings. The van der Waals surface area contributed by atoms with E-state index in [0.717, 1.165) is 0 Å². The van der Waals surface area contributed by atoms with Gasteiger partial charge in [-0.1, -0.05) is 60.7 Å². The van der Waals surface area contributed by atoms with Crippen LogP contribution in [0.2, 0.25) is 0 Å². The maximum absolute atomic E-state index is 2.22. The third-order valence-electron chi connectivity index (χ3n) is 3.71. The summed E-state index contributed by atoms with van der Waals surface area (Å²) in [7, 11) is 0. The van der Waals surface area contributed by atoms with Gasteiger partial charge in [0.2, 0.25) is 0 Å². The van der Waals surface area contributed by atoms with E-state index in [2.05, 4.69) is 74.5 Å². The van der Waals surface area contributed by atoms with Crippen LogP contribution in [-0.4, -0.2) is 0 Å². The van der Waals surface area contributed by atoms with Crippen molar-refractivity contribution in [2.24, 2.45) is 0 Å². The molecule has 0 aliphatic heterocycles. The summed E-state index contributed by atoms with van der Waals surface area (Å²) < 4.78 is 0. The van der Waals surface area contributed by atoms with E-state index in [4.69, 9.17) is 0 Å². The van der Waals surface area contributed by atoms with Gasteiger partial charge in [0, 0.05) is 0 Å². The van der Waals surface area contributed by atoms with Gasteiger partial charge in [-0.25, -0.2) is 0 Å². The summed E-state index contributed by atoms with van der Waals surface area (Å²) in [5, 5.41) is 0. The summed E-state index contributed by atoms with van der Waals surface area (Å²) in [4.78, 5) is 0.